The van der Waals surface area contributed by atoms with Gasteiger partial charge in [0, 0.05) is 48.6 Å². The molecule has 29 heavy (non-hydrogen) atoms. The van der Waals surface area contributed by atoms with E-state index in [1.807, 2.05) is 42.5 Å². The largest absolute Gasteiger partial charge is 0.379 e. The third-order valence-electron chi connectivity index (χ3n) is 4.40. The van der Waals surface area contributed by atoms with E-state index in [9.17, 15) is 0 Å². The van der Waals surface area contributed by atoms with Crippen molar-refractivity contribution in [1.82, 2.24) is 10.2 Å². The minimum Gasteiger partial charge on any atom is -0.379 e. The van der Waals surface area contributed by atoms with Crippen LogP contribution in [0.2, 0.25) is 10.0 Å². The second-order valence-electron chi connectivity index (χ2n) is 6.57. The molecule has 1 N–H and O–H groups in total. The van der Waals surface area contributed by atoms with Crippen LogP contribution in [0.1, 0.15) is 11.1 Å². The maximum Gasteiger partial charge on any atom is 0.0594 e. The second-order valence-corrected chi connectivity index (χ2v) is 7.65. The van der Waals surface area contributed by atoms with Crippen LogP contribution in [0.15, 0.2) is 48.5 Å². The molecule has 0 atom stereocenters. The van der Waals surface area contributed by atoms with Crippen LogP contribution in [-0.4, -0.2) is 57.5 Å². The highest BCUT2D eigenvalue weighted by Gasteiger charge is 2.11. The van der Waals surface area contributed by atoms with Gasteiger partial charge in [-0.15, -0.1) is 11.6 Å². The molecule has 0 aromatic heterocycles. The van der Waals surface area contributed by atoms with Gasteiger partial charge in [-0.1, -0.05) is 59.6 Å². The third kappa shape index (κ3) is 10.1. The molecule has 2 fully saturated rings. The molecule has 0 amide bonds. The Morgan fingerprint density at radius 3 is 1.69 bits per heavy atom. The molecule has 160 valence electrons. The molecule has 0 saturated carbocycles. The normalized spacial score (nSPS) is 16.8. The third-order valence-corrected chi connectivity index (χ3v) is 5.43. The molecule has 0 aliphatic carbocycles. The summed E-state index contributed by atoms with van der Waals surface area (Å²) >= 11 is 17.4. The first-order valence-electron chi connectivity index (χ1n) is 9.82. The number of alkyl halides is 1. The van der Waals surface area contributed by atoms with E-state index in [4.69, 9.17) is 44.3 Å². The van der Waals surface area contributed by atoms with E-state index >= 15 is 0 Å². The smallest absolute Gasteiger partial charge is 0.0594 e. The van der Waals surface area contributed by atoms with Crippen molar-refractivity contribution in [2.24, 2.45) is 0 Å². The lowest BCUT2D eigenvalue weighted by atomic mass is 10.2. The minimum absolute atomic E-state index is 0.486. The molecule has 0 radical (unpaired) electrons. The number of rotatable bonds is 3. The van der Waals surface area contributed by atoms with Gasteiger partial charge in [-0.3, -0.25) is 4.90 Å². The Morgan fingerprint density at radius 2 is 1.28 bits per heavy atom. The molecular formula is C22H29Cl3N2O2. The van der Waals surface area contributed by atoms with Crippen molar-refractivity contribution in [2.75, 3.05) is 52.6 Å². The van der Waals surface area contributed by atoms with Crippen LogP contribution in [0, 0.1) is 0 Å². The summed E-state index contributed by atoms with van der Waals surface area (Å²) in [5.74, 6) is 0.486. The summed E-state index contributed by atoms with van der Waals surface area (Å²) in [5, 5.41) is 4.76. The maximum absolute atomic E-state index is 6.09. The Hall–Kier alpha value is -0.850. The molecule has 2 aromatic rings. The monoisotopic (exact) mass is 458 g/mol. The van der Waals surface area contributed by atoms with Crippen molar-refractivity contribution >= 4 is 34.8 Å². The van der Waals surface area contributed by atoms with E-state index in [2.05, 4.69) is 16.3 Å². The maximum atomic E-state index is 6.09. The first kappa shape index (κ1) is 24.4. The van der Waals surface area contributed by atoms with Gasteiger partial charge in [0.05, 0.1) is 26.4 Å². The topological polar surface area (TPSA) is 33.7 Å². The van der Waals surface area contributed by atoms with Crippen LogP contribution in [0.3, 0.4) is 0 Å². The van der Waals surface area contributed by atoms with E-state index in [-0.39, 0.29) is 0 Å². The molecule has 2 aliphatic rings. The highest BCUT2D eigenvalue weighted by molar-refractivity contribution is 6.32. The van der Waals surface area contributed by atoms with E-state index < -0.39 is 0 Å². The number of hydrogen-bond acceptors (Lipinski definition) is 4. The molecule has 2 saturated heterocycles. The Kier molecular flexibility index (Phi) is 12.7. The Balaban J connectivity index is 0.000000171. The van der Waals surface area contributed by atoms with E-state index in [1.165, 1.54) is 5.56 Å². The number of morpholine rings is 2. The Bertz CT molecular complexity index is 682. The van der Waals surface area contributed by atoms with Crippen LogP contribution < -0.4 is 5.32 Å². The number of benzene rings is 2. The SMILES string of the molecule is C1COCCN1.ClCc1ccccc1Cl.Clc1ccccc1CN1CCOCC1. The van der Waals surface area contributed by atoms with Gasteiger partial charge in [0.1, 0.15) is 0 Å². The fourth-order valence-corrected chi connectivity index (χ4v) is 3.45. The highest BCUT2D eigenvalue weighted by atomic mass is 35.5. The molecule has 2 heterocycles. The van der Waals surface area contributed by atoms with Crippen molar-refractivity contribution < 1.29 is 9.47 Å². The lowest BCUT2D eigenvalue weighted by Crippen LogP contribution is -2.35. The Labute approximate surface area is 189 Å². The van der Waals surface area contributed by atoms with E-state index in [0.29, 0.717) is 5.88 Å². The van der Waals surface area contributed by atoms with Crippen molar-refractivity contribution in [3.05, 3.63) is 69.7 Å². The average Bonchev–Trinajstić information content (AvgIpc) is 2.79. The first-order chi connectivity index (χ1) is 14.2. The lowest BCUT2D eigenvalue weighted by molar-refractivity contribution is 0.0342. The van der Waals surface area contributed by atoms with Crippen molar-refractivity contribution in [3.8, 4) is 0 Å². The summed E-state index contributed by atoms with van der Waals surface area (Å²) in [5.41, 5.74) is 2.19. The van der Waals surface area contributed by atoms with Gasteiger partial charge < -0.3 is 14.8 Å². The predicted molar refractivity (Wildman–Crippen MR) is 122 cm³/mol. The molecule has 2 aromatic carbocycles. The van der Waals surface area contributed by atoms with Crippen LogP contribution in [0.25, 0.3) is 0 Å². The second kappa shape index (κ2) is 15.0. The fraction of sp³-hybridized carbons (Fsp3) is 0.455. The standard InChI is InChI=1S/C11H14ClNO.C7H6Cl2.C4H9NO/c12-11-4-2-1-3-10(11)9-13-5-7-14-8-6-13;8-5-6-3-1-2-4-7(6)9;1-3-6-4-2-5-1/h1-4H,5-9H2;1-4H,5H2;5H,1-4H2. The van der Waals surface area contributed by atoms with Gasteiger partial charge in [0.15, 0.2) is 0 Å². The van der Waals surface area contributed by atoms with Crippen LogP contribution in [-0.2, 0) is 21.9 Å². The Morgan fingerprint density at radius 1 is 0.759 bits per heavy atom. The molecular weight excluding hydrogens is 431 g/mol. The van der Waals surface area contributed by atoms with E-state index in [0.717, 1.165) is 74.8 Å². The zero-order chi connectivity index (χ0) is 20.7. The number of nitrogens with zero attached hydrogens (tertiary/aromatic N) is 1. The van der Waals surface area contributed by atoms with Crippen LogP contribution in [0.5, 0.6) is 0 Å². The molecule has 0 unspecified atom stereocenters. The van der Waals surface area contributed by atoms with Crippen LogP contribution >= 0.6 is 34.8 Å². The fourth-order valence-electron chi connectivity index (χ4n) is 2.75. The van der Waals surface area contributed by atoms with Gasteiger partial charge in [0.25, 0.3) is 0 Å². The quantitative estimate of drug-likeness (QED) is 0.665. The van der Waals surface area contributed by atoms with Gasteiger partial charge in [0.2, 0.25) is 0 Å². The zero-order valence-electron chi connectivity index (χ0n) is 16.6. The average molecular weight is 460 g/mol. The summed E-state index contributed by atoms with van der Waals surface area (Å²) in [6.45, 7) is 8.45. The summed E-state index contributed by atoms with van der Waals surface area (Å²) in [6.07, 6.45) is 0. The van der Waals surface area contributed by atoms with Gasteiger partial charge in [-0.2, -0.15) is 0 Å². The van der Waals surface area contributed by atoms with Crippen molar-refractivity contribution in [2.45, 2.75) is 12.4 Å². The minimum atomic E-state index is 0.486. The lowest BCUT2D eigenvalue weighted by Gasteiger charge is -2.26. The van der Waals surface area contributed by atoms with Crippen molar-refractivity contribution in [1.29, 1.82) is 0 Å². The predicted octanol–water partition coefficient (Wildman–Crippen LogP) is 4.86. The number of halogens is 3. The molecule has 2 aliphatic heterocycles. The summed E-state index contributed by atoms with van der Waals surface area (Å²) < 4.78 is 10.3. The number of hydrogen-bond donors (Lipinski definition) is 1. The van der Waals surface area contributed by atoms with Gasteiger partial charge in [-0.25, -0.2) is 0 Å². The number of nitrogens with one attached hydrogen (secondary N) is 1. The van der Waals surface area contributed by atoms with Gasteiger partial charge in [-0.05, 0) is 23.3 Å². The van der Waals surface area contributed by atoms with Crippen LogP contribution in [0.4, 0.5) is 0 Å². The van der Waals surface area contributed by atoms with Crippen molar-refractivity contribution in [3.63, 3.8) is 0 Å². The summed E-state index contributed by atoms with van der Waals surface area (Å²) in [4.78, 5) is 2.37. The molecule has 0 spiro atoms. The highest BCUT2D eigenvalue weighted by Crippen LogP contribution is 2.17. The number of ether oxygens (including phenoxy) is 2. The first-order valence-corrected chi connectivity index (χ1v) is 11.1. The zero-order valence-corrected chi connectivity index (χ0v) is 18.9. The molecule has 7 heteroatoms. The summed E-state index contributed by atoms with van der Waals surface area (Å²) in [6, 6.07) is 15.6. The summed E-state index contributed by atoms with van der Waals surface area (Å²) in [7, 11) is 0. The van der Waals surface area contributed by atoms with Gasteiger partial charge >= 0.3 is 0 Å². The van der Waals surface area contributed by atoms with E-state index in [1.54, 1.807) is 0 Å². The molecule has 4 rings (SSSR count). The molecule has 0 bridgehead atoms. The molecule has 4 nitrogen and oxygen atoms in total.